The van der Waals surface area contributed by atoms with Gasteiger partial charge in [0.25, 0.3) is 10.2 Å². The largest absolute Gasteiger partial charge is 0.377 e. The lowest BCUT2D eigenvalue weighted by molar-refractivity contribution is 0.0832. The van der Waals surface area contributed by atoms with E-state index in [0.29, 0.717) is 26.1 Å². The van der Waals surface area contributed by atoms with Crippen molar-refractivity contribution in [3.05, 3.63) is 0 Å². The third-order valence-electron chi connectivity index (χ3n) is 1.93. The lowest BCUT2D eigenvalue weighted by atomic mass is 10.4. The molecule has 0 spiro atoms. The van der Waals surface area contributed by atoms with Crippen molar-refractivity contribution in [3.63, 3.8) is 0 Å². The van der Waals surface area contributed by atoms with Crippen molar-refractivity contribution in [2.24, 2.45) is 5.73 Å². The van der Waals surface area contributed by atoms with Gasteiger partial charge in [0.1, 0.15) is 0 Å². The molecule has 0 aliphatic carbocycles. The van der Waals surface area contributed by atoms with Crippen LogP contribution in [0.3, 0.4) is 0 Å². The van der Waals surface area contributed by atoms with E-state index in [0.717, 1.165) is 0 Å². The first-order valence-electron chi connectivity index (χ1n) is 5.42. The van der Waals surface area contributed by atoms with Gasteiger partial charge in [-0.3, -0.25) is 0 Å². The van der Waals surface area contributed by atoms with Gasteiger partial charge in [-0.2, -0.15) is 17.4 Å². The standard InChI is InChI=1S/C9H23N3O3S/c1-9(2)15-8-6-11-16(13,14)12(3)7-4-5-10/h9,11H,4-8,10H2,1-3H3. The summed E-state index contributed by atoms with van der Waals surface area (Å²) in [6.45, 7) is 5.38. The van der Waals surface area contributed by atoms with Gasteiger partial charge in [0.15, 0.2) is 0 Å². The Kier molecular flexibility index (Phi) is 7.86. The molecule has 0 rings (SSSR count). The van der Waals surface area contributed by atoms with Gasteiger partial charge in [0, 0.05) is 20.1 Å². The zero-order chi connectivity index (χ0) is 12.6. The minimum absolute atomic E-state index is 0.111. The molecule has 0 aromatic rings. The SMILES string of the molecule is CC(C)OCCNS(=O)(=O)N(C)CCCN. The van der Waals surface area contributed by atoms with Gasteiger partial charge in [0.2, 0.25) is 0 Å². The first-order chi connectivity index (χ1) is 7.40. The molecule has 0 saturated carbocycles. The van der Waals surface area contributed by atoms with Gasteiger partial charge < -0.3 is 10.5 Å². The van der Waals surface area contributed by atoms with E-state index < -0.39 is 10.2 Å². The molecule has 0 bridgehead atoms. The Morgan fingerprint density at radius 3 is 2.56 bits per heavy atom. The Hall–Kier alpha value is -0.210. The van der Waals surface area contributed by atoms with Gasteiger partial charge in [0.05, 0.1) is 12.7 Å². The molecular weight excluding hydrogens is 230 g/mol. The number of ether oxygens (including phenoxy) is 1. The molecule has 3 N–H and O–H groups in total. The highest BCUT2D eigenvalue weighted by molar-refractivity contribution is 7.87. The fourth-order valence-corrected chi connectivity index (χ4v) is 1.94. The topological polar surface area (TPSA) is 84.7 Å². The smallest absolute Gasteiger partial charge is 0.279 e. The monoisotopic (exact) mass is 253 g/mol. The molecule has 98 valence electrons. The molecule has 0 aromatic carbocycles. The van der Waals surface area contributed by atoms with Crippen LogP contribution in [0.25, 0.3) is 0 Å². The van der Waals surface area contributed by atoms with Gasteiger partial charge in [-0.05, 0) is 26.8 Å². The second-order valence-corrected chi connectivity index (χ2v) is 5.64. The van der Waals surface area contributed by atoms with Crippen LogP contribution in [-0.2, 0) is 14.9 Å². The summed E-state index contributed by atoms with van der Waals surface area (Å²) in [5.41, 5.74) is 5.31. The second-order valence-electron chi connectivity index (χ2n) is 3.78. The summed E-state index contributed by atoms with van der Waals surface area (Å²) in [6.07, 6.45) is 0.763. The number of nitrogens with two attached hydrogens (primary N) is 1. The van der Waals surface area contributed by atoms with Crippen LogP contribution in [0, 0.1) is 0 Å². The summed E-state index contributed by atoms with van der Waals surface area (Å²) < 4.78 is 32.1. The Bertz CT molecular complexity index is 267. The molecule has 0 radical (unpaired) electrons. The van der Waals surface area contributed by atoms with Gasteiger partial charge >= 0.3 is 0 Å². The Labute approximate surface area is 98.3 Å². The number of rotatable bonds is 9. The summed E-state index contributed by atoms with van der Waals surface area (Å²) in [7, 11) is -1.85. The van der Waals surface area contributed by atoms with Crippen LogP contribution < -0.4 is 10.5 Å². The summed E-state index contributed by atoms with van der Waals surface area (Å²) in [6, 6.07) is 0. The predicted octanol–water partition coefficient (Wildman–Crippen LogP) is -0.474. The van der Waals surface area contributed by atoms with Gasteiger partial charge in [-0.1, -0.05) is 0 Å². The van der Waals surface area contributed by atoms with E-state index in [9.17, 15) is 8.42 Å². The normalized spacial score (nSPS) is 12.6. The van der Waals surface area contributed by atoms with Crippen molar-refractivity contribution in [2.75, 3.05) is 33.3 Å². The molecule has 0 aromatic heterocycles. The highest BCUT2D eigenvalue weighted by Crippen LogP contribution is 1.95. The molecule has 0 fully saturated rings. The molecular formula is C9H23N3O3S. The lowest BCUT2D eigenvalue weighted by Gasteiger charge is -2.17. The van der Waals surface area contributed by atoms with Gasteiger partial charge in [-0.25, -0.2) is 0 Å². The lowest BCUT2D eigenvalue weighted by Crippen LogP contribution is -2.40. The van der Waals surface area contributed by atoms with Crippen molar-refractivity contribution in [2.45, 2.75) is 26.4 Å². The van der Waals surface area contributed by atoms with Crippen LogP contribution in [0.5, 0.6) is 0 Å². The summed E-state index contributed by atoms with van der Waals surface area (Å²) >= 11 is 0. The van der Waals surface area contributed by atoms with Crippen molar-refractivity contribution in [1.29, 1.82) is 0 Å². The number of hydrogen-bond donors (Lipinski definition) is 2. The minimum atomic E-state index is -3.38. The summed E-state index contributed by atoms with van der Waals surface area (Å²) in [5, 5.41) is 0. The maximum absolute atomic E-state index is 11.6. The van der Waals surface area contributed by atoms with Crippen LogP contribution in [0.4, 0.5) is 0 Å². The minimum Gasteiger partial charge on any atom is -0.377 e. The highest BCUT2D eigenvalue weighted by atomic mass is 32.2. The van der Waals surface area contributed by atoms with Crippen LogP contribution in [0.15, 0.2) is 0 Å². The quantitative estimate of drug-likeness (QED) is 0.544. The number of nitrogens with one attached hydrogen (secondary N) is 1. The summed E-state index contributed by atoms with van der Waals surface area (Å²) in [4.78, 5) is 0. The van der Waals surface area contributed by atoms with Crippen molar-refractivity contribution in [3.8, 4) is 0 Å². The first-order valence-corrected chi connectivity index (χ1v) is 6.86. The highest BCUT2D eigenvalue weighted by Gasteiger charge is 2.15. The number of nitrogens with zero attached hydrogens (tertiary/aromatic N) is 1. The van der Waals surface area contributed by atoms with E-state index in [4.69, 9.17) is 10.5 Å². The van der Waals surface area contributed by atoms with E-state index in [1.807, 2.05) is 13.8 Å². The van der Waals surface area contributed by atoms with Crippen LogP contribution in [0.1, 0.15) is 20.3 Å². The molecule has 0 saturated heterocycles. The van der Waals surface area contributed by atoms with E-state index in [-0.39, 0.29) is 12.6 Å². The maximum atomic E-state index is 11.6. The van der Waals surface area contributed by atoms with Crippen molar-refractivity contribution >= 4 is 10.2 Å². The van der Waals surface area contributed by atoms with Crippen LogP contribution in [0.2, 0.25) is 0 Å². The molecule has 6 nitrogen and oxygen atoms in total. The van der Waals surface area contributed by atoms with Crippen molar-refractivity contribution in [1.82, 2.24) is 9.03 Å². The average molecular weight is 253 g/mol. The molecule has 0 atom stereocenters. The van der Waals surface area contributed by atoms with E-state index in [2.05, 4.69) is 4.72 Å². The average Bonchev–Trinajstić information content (AvgIpc) is 2.20. The third-order valence-corrected chi connectivity index (χ3v) is 3.50. The summed E-state index contributed by atoms with van der Waals surface area (Å²) in [5.74, 6) is 0. The third kappa shape index (κ3) is 7.13. The van der Waals surface area contributed by atoms with E-state index in [1.165, 1.54) is 11.4 Å². The van der Waals surface area contributed by atoms with E-state index >= 15 is 0 Å². The molecule has 0 unspecified atom stereocenters. The predicted molar refractivity (Wildman–Crippen MR) is 64.3 cm³/mol. The molecule has 7 heteroatoms. The second kappa shape index (κ2) is 7.97. The molecule has 0 aliphatic heterocycles. The molecule has 0 amide bonds. The molecule has 16 heavy (non-hydrogen) atoms. The zero-order valence-electron chi connectivity index (χ0n) is 10.3. The molecule has 0 aliphatic rings. The maximum Gasteiger partial charge on any atom is 0.279 e. The van der Waals surface area contributed by atoms with Gasteiger partial charge in [-0.15, -0.1) is 0 Å². The Morgan fingerprint density at radius 2 is 2.06 bits per heavy atom. The molecule has 0 heterocycles. The zero-order valence-corrected chi connectivity index (χ0v) is 11.1. The van der Waals surface area contributed by atoms with Crippen molar-refractivity contribution < 1.29 is 13.2 Å². The Morgan fingerprint density at radius 1 is 1.44 bits per heavy atom. The Balaban J connectivity index is 3.86. The first kappa shape index (κ1) is 15.8. The number of hydrogen-bond acceptors (Lipinski definition) is 4. The fourth-order valence-electron chi connectivity index (χ4n) is 1.01. The van der Waals surface area contributed by atoms with E-state index in [1.54, 1.807) is 0 Å². The fraction of sp³-hybridized carbons (Fsp3) is 1.00. The van der Waals surface area contributed by atoms with Crippen LogP contribution >= 0.6 is 0 Å². The van der Waals surface area contributed by atoms with Crippen LogP contribution in [-0.4, -0.2) is 52.1 Å².